The van der Waals surface area contributed by atoms with Gasteiger partial charge in [-0.1, -0.05) is 40.2 Å². The van der Waals surface area contributed by atoms with Gasteiger partial charge in [-0.2, -0.15) is 0 Å². The summed E-state index contributed by atoms with van der Waals surface area (Å²) in [5.41, 5.74) is 2.56. The molecule has 0 saturated carbocycles. The Hall–Kier alpha value is -1.70. The number of carbonyl (C=O) groups excluding carboxylic acids is 1. The van der Waals surface area contributed by atoms with E-state index in [1.165, 1.54) is 0 Å². The lowest BCUT2D eigenvalue weighted by molar-refractivity contribution is 0.0940. The molecule has 0 radical (unpaired) electrons. The highest BCUT2D eigenvalue weighted by Gasteiger charge is 2.11. The van der Waals surface area contributed by atoms with Gasteiger partial charge in [-0.25, -0.2) is 13.1 Å². The number of nitrogens with one attached hydrogen (secondary N) is 2. The number of benzene rings is 2. The summed E-state index contributed by atoms with van der Waals surface area (Å²) in [6, 6.07) is 14.9. The van der Waals surface area contributed by atoms with Crippen LogP contribution in [0.4, 0.5) is 0 Å². The molecule has 2 rings (SSSR count). The van der Waals surface area contributed by atoms with E-state index < -0.39 is 10.0 Å². The minimum Gasteiger partial charge on any atom is -0.346 e. The van der Waals surface area contributed by atoms with Crippen LogP contribution in [0.15, 0.2) is 53.0 Å². The number of hydrogen-bond acceptors (Lipinski definition) is 3. The monoisotopic (exact) mass is 424 g/mol. The second-order valence-electron chi connectivity index (χ2n) is 5.86. The van der Waals surface area contributed by atoms with Crippen LogP contribution in [0, 0.1) is 0 Å². The fourth-order valence-electron chi connectivity index (χ4n) is 2.34. The molecule has 2 aromatic carbocycles. The average Bonchev–Trinajstić information content (AvgIpc) is 2.54. The summed E-state index contributed by atoms with van der Waals surface area (Å²) in [7, 11) is -3.18. The van der Waals surface area contributed by atoms with Crippen LogP contribution < -0.4 is 10.0 Å². The molecule has 2 aromatic rings. The Bertz CT molecular complexity index is 836. The van der Waals surface area contributed by atoms with E-state index in [1.807, 2.05) is 43.3 Å². The van der Waals surface area contributed by atoms with Gasteiger partial charge < -0.3 is 5.32 Å². The minimum atomic E-state index is -3.18. The molecule has 134 valence electrons. The van der Waals surface area contributed by atoms with Crippen molar-refractivity contribution >= 4 is 31.9 Å². The second kappa shape index (κ2) is 8.60. The predicted octanol–water partition coefficient (Wildman–Crippen LogP) is 3.03. The van der Waals surface area contributed by atoms with E-state index in [1.54, 1.807) is 12.1 Å². The van der Waals surface area contributed by atoms with Gasteiger partial charge in [0.05, 0.1) is 12.3 Å². The van der Waals surface area contributed by atoms with Gasteiger partial charge in [-0.15, -0.1) is 0 Å². The SMILES string of the molecule is CC(NC(=O)c1ccc(CCNS(C)(=O)=O)cc1)c1cccc(Br)c1. The summed E-state index contributed by atoms with van der Waals surface area (Å²) in [4.78, 5) is 12.4. The van der Waals surface area contributed by atoms with Crippen LogP contribution in [0.3, 0.4) is 0 Å². The summed E-state index contributed by atoms with van der Waals surface area (Å²) in [5, 5.41) is 2.97. The third-order valence-corrected chi connectivity index (χ3v) is 4.91. The van der Waals surface area contributed by atoms with Crippen molar-refractivity contribution in [2.75, 3.05) is 12.8 Å². The van der Waals surface area contributed by atoms with Gasteiger partial charge >= 0.3 is 0 Å². The highest BCUT2D eigenvalue weighted by Crippen LogP contribution is 2.18. The Kier molecular flexibility index (Phi) is 6.75. The highest BCUT2D eigenvalue weighted by molar-refractivity contribution is 9.10. The molecule has 1 unspecified atom stereocenters. The maximum absolute atomic E-state index is 12.4. The number of halogens is 1. The third-order valence-electron chi connectivity index (χ3n) is 3.69. The Morgan fingerprint density at radius 2 is 1.84 bits per heavy atom. The Labute approximate surface area is 157 Å². The molecule has 1 atom stereocenters. The molecule has 0 heterocycles. The third kappa shape index (κ3) is 6.61. The van der Waals surface area contributed by atoms with Crippen LogP contribution in [-0.2, 0) is 16.4 Å². The quantitative estimate of drug-likeness (QED) is 0.716. The lowest BCUT2D eigenvalue weighted by atomic mass is 10.1. The van der Waals surface area contributed by atoms with E-state index in [0.717, 1.165) is 21.9 Å². The zero-order valence-corrected chi connectivity index (χ0v) is 16.5. The van der Waals surface area contributed by atoms with E-state index >= 15 is 0 Å². The molecule has 0 aliphatic rings. The maximum atomic E-state index is 12.4. The highest BCUT2D eigenvalue weighted by atomic mass is 79.9. The van der Waals surface area contributed by atoms with Crippen molar-refractivity contribution in [2.45, 2.75) is 19.4 Å². The molecule has 0 aliphatic heterocycles. The van der Waals surface area contributed by atoms with Gasteiger partial charge in [0.1, 0.15) is 0 Å². The summed E-state index contributed by atoms with van der Waals surface area (Å²) in [6.07, 6.45) is 1.70. The molecule has 1 amide bonds. The summed E-state index contributed by atoms with van der Waals surface area (Å²) in [5.74, 6) is -0.145. The smallest absolute Gasteiger partial charge is 0.251 e. The molecular weight excluding hydrogens is 404 g/mol. The van der Waals surface area contributed by atoms with Crippen molar-refractivity contribution in [2.24, 2.45) is 0 Å². The molecule has 0 fully saturated rings. The largest absolute Gasteiger partial charge is 0.346 e. The van der Waals surface area contributed by atoms with Crippen LogP contribution in [0.2, 0.25) is 0 Å². The number of carbonyl (C=O) groups is 1. The van der Waals surface area contributed by atoms with E-state index in [9.17, 15) is 13.2 Å². The van der Waals surface area contributed by atoms with Gasteiger partial charge in [0, 0.05) is 16.6 Å². The van der Waals surface area contributed by atoms with Gasteiger partial charge in [0.15, 0.2) is 0 Å². The van der Waals surface area contributed by atoms with E-state index in [-0.39, 0.29) is 11.9 Å². The fraction of sp³-hybridized carbons (Fsp3) is 0.278. The van der Waals surface area contributed by atoms with Crippen molar-refractivity contribution < 1.29 is 13.2 Å². The Morgan fingerprint density at radius 3 is 2.44 bits per heavy atom. The Morgan fingerprint density at radius 1 is 1.16 bits per heavy atom. The predicted molar refractivity (Wildman–Crippen MR) is 103 cm³/mol. The van der Waals surface area contributed by atoms with Crippen molar-refractivity contribution in [1.29, 1.82) is 0 Å². The number of rotatable bonds is 7. The molecular formula is C18H21BrN2O3S. The zero-order valence-electron chi connectivity index (χ0n) is 14.1. The number of hydrogen-bond donors (Lipinski definition) is 2. The van der Waals surface area contributed by atoms with Crippen LogP contribution >= 0.6 is 15.9 Å². The van der Waals surface area contributed by atoms with Crippen LogP contribution in [0.5, 0.6) is 0 Å². The molecule has 0 aliphatic carbocycles. The van der Waals surface area contributed by atoms with Gasteiger partial charge in [-0.3, -0.25) is 4.79 Å². The van der Waals surface area contributed by atoms with E-state index in [2.05, 4.69) is 26.0 Å². The van der Waals surface area contributed by atoms with Crippen LogP contribution in [0.25, 0.3) is 0 Å². The van der Waals surface area contributed by atoms with Crippen molar-refractivity contribution in [3.63, 3.8) is 0 Å². The summed E-state index contributed by atoms with van der Waals surface area (Å²) in [6.45, 7) is 2.27. The van der Waals surface area contributed by atoms with Gasteiger partial charge in [0.2, 0.25) is 10.0 Å². The molecule has 25 heavy (non-hydrogen) atoms. The first-order valence-electron chi connectivity index (χ1n) is 7.84. The first kappa shape index (κ1) is 19.6. The van der Waals surface area contributed by atoms with Crippen LogP contribution in [-0.4, -0.2) is 27.1 Å². The standard InChI is InChI=1S/C18H21BrN2O3S/c1-13(16-4-3-5-17(19)12-16)21-18(22)15-8-6-14(7-9-15)10-11-20-25(2,23)24/h3-9,12-13,20H,10-11H2,1-2H3,(H,21,22). The van der Waals surface area contributed by atoms with Crippen molar-refractivity contribution in [3.05, 3.63) is 69.7 Å². The second-order valence-corrected chi connectivity index (χ2v) is 8.61. The average molecular weight is 425 g/mol. The maximum Gasteiger partial charge on any atom is 0.251 e. The molecule has 0 aromatic heterocycles. The minimum absolute atomic E-state index is 0.108. The zero-order chi connectivity index (χ0) is 18.4. The lowest BCUT2D eigenvalue weighted by Gasteiger charge is -2.15. The number of amides is 1. The summed E-state index contributed by atoms with van der Waals surface area (Å²) < 4.78 is 25.5. The normalized spacial score (nSPS) is 12.6. The number of sulfonamides is 1. The van der Waals surface area contributed by atoms with E-state index in [4.69, 9.17) is 0 Å². The van der Waals surface area contributed by atoms with E-state index in [0.29, 0.717) is 18.5 Å². The van der Waals surface area contributed by atoms with Gasteiger partial charge in [0.25, 0.3) is 5.91 Å². The molecule has 0 spiro atoms. The fourth-order valence-corrected chi connectivity index (χ4v) is 3.23. The molecule has 2 N–H and O–H groups in total. The van der Waals surface area contributed by atoms with Gasteiger partial charge in [-0.05, 0) is 48.7 Å². The molecule has 0 bridgehead atoms. The molecule has 5 nitrogen and oxygen atoms in total. The lowest BCUT2D eigenvalue weighted by Crippen LogP contribution is -2.26. The molecule has 0 saturated heterocycles. The first-order valence-corrected chi connectivity index (χ1v) is 10.5. The van der Waals surface area contributed by atoms with Crippen LogP contribution in [0.1, 0.15) is 34.5 Å². The van der Waals surface area contributed by atoms with Crippen molar-refractivity contribution in [1.82, 2.24) is 10.0 Å². The first-order chi connectivity index (χ1) is 11.7. The Balaban J connectivity index is 1.93. The summed E-state index contributed by atoms with van der Waals surface area (Å²) >= 11 is 3.43. The molecule has 7 heteroatoms. The topological polar surface area (TPSA) is 75.3 Å². The van der Waals surface area contributed by atoms with Crippen molar-refractivity contribution in [3.8, 4) is 0 Å².